The van der Waals surface area contributed by atoms with Gasteiger partial charge in [-0.1, -0.05) is 19.1 Å². The Kier molecular flexibility index (Phi) is 6.67. The number of amides is 1. The van der Waals surface area contributed by atoms with Crippen molar-refractivity contribution in [1.82, 2.24) is 5.32 Å². The molecule has 1 unspecified atom stereocenters. The summed E-state index contributed by atoms with van der Waals surface area (Å²) in [6.45, 7) is 3.95. The van der Waals surface area contributed by atoms with E-state index in [1.807, 2.05) is 13.8 Å². The van der Waals surface area contributed by atoms with Crippen LogP contribution in [0.4, 0.5) is 5.69 Å². The maximum atomic E-state index is 12.0. The number of anilines is 1. The first-order valence-electron chi connectivity index (χ1n) is 7.19. The molecule has 0 aromatic heterocycles. The first-order chi connectivity index (χ1) is 10.3. The van der Waals surface area contributed by atoms with Crippen molar-refractivity contribution in [2.75, 3.05) is 24.2 Å². The molecule has 1 aromatic rings. The highest BCUT2D eigenvalue weighted by Gasteiger charge is 2.21. The molecule has 6 nitrogen and oxygen atoms in total. The van der Waals surface area contributed by atoms with Gasteiger partial charge in [-0.05, 0) is 25.5 Å². The van der Waals surface area contributed by atoms with Crippen molar-refractivity contribution in [2.45, 2.75) is 32.7 Å². The molecule has 0 bridgehead atoms. The van der Waals surface area contributed by atoms with Crippen molar-refractivity contribution < 1.29 is 17.9 Å². The smallest absolute Gasteiger partial charge is 0.232 e. The maximum Gasteiger partial charge on any atom is 0.232 e. The Balaban J connectivity index is 2.90. The number of hydrogen-bond acceptors (Lipinski definition) is 4. The number of carbonyl (C=O) groups excluding carboxylic acids is 1. The molecule has 22 heavy (non-hydrogen) atoms. The number of nitrogens with one attached hydrogen (secondary N) is 1. The molecule has 0 spiro atoms. The number of benzene rings is 1. The molecule has 7 heteroatoms. The molecule has 0 aliphatic carbocycles. The summed E-state index contributed by atoms with van der Waals surface area (Å²) in [7, 11) is -2.03. The molecule has 1 N–H and O–H groups in total. The van der Waals surface area contributed by atoms with E-state index in [0.717, 1.165) is 12.7 Å². The largest absolute Gasteiger partial charge is 0.495 e. The zero-order valence-electron chi connectivity index (χ0n) is 13.5. The van der Waals surface area contributed by atoms with Crippen LogP contribution in [0.25, 0.3) is 0 Å². The van der Waals surface area contributed by atoms with Crippen LogP contribution in [-0.4, -0.2) is 40.3 Å². The molecule has 0 fully saturated rings. The van der Waals surface area contributed by atoms with E-state index in [0.29, 0.717) is 11.4 Å². The third kappa shape index (κ3) is 5.22. The average molecular weight is 328 g/mol. The normalized spacial score (nSPS) is 12.5. The summed E-state index contributed by atoms with van der Waals surface area (Å²) >= 11 is 0. The number of ether oxygens (including phenoxy) is 1. The van der Waals surface area contributed by atoms with Crippen LogP contribution in [0.15, 0.2) is 24.3 Å². The van der Waals surface area contributed by atoms with Gasteiger partial charge in [-0.25, -0.2) is 8.42 Å². The Bertz CT molecular complexity index is 601. The molecule has 1 amide bonds. The van der Waals surface area contributed by atoms with Gasteiger partial charge in [0.25, 0.3) is 0 Å². The van der Waals surface area contributed by atoms with E-state index in [1.165, 1.54) is 11.4 Å². The SMILES string of the molecule is CCC(C)NC(=O)CCN(c1ccccc1OC)S(C)(=O)=O. The number of rotatable bonds is 8. The Morgan fingerprint density at radius 3 is 2.55 bits per heavy atom. The first-order valence-corrected chi connectivity index (χ1v) is 9.04. The van der Waals surface area contributed by atoms with Gasteiger partial charge < -0.3 is 10.1 Å². The second-order valence-corrected chi connectivity index (χ2v) is 7.04. The minimum absolute atomic E-state index is 0.0709. The minimum Gasteiger partial charge on any atom is -0.495 e. The predicted octanol–water partition coefficient (Wildman–Crippen LogP) is 1.77. The summed E-state index contributed by atoms with van der Waals surface area (Å²) in [5.41, 5.74) is 0.434. The van der Waals surface area contributed by atoms with Gasteiger partial charge in [0.15, 0.2) is 0 Å². The number of sulfonamides is 1. The third-order valence-corrected chi connectivity index (χ3v) is 4.50. The zero-order chi connectivity index (χ0) is 16.8. The number of carbonyl (C=O) groups is 1. The Labute approximate surface area is 132 Å². The van der Waals surface area contributed by atoms with Crippen LogP contribution in [0.2, 0.25) is 0 Å². The van der Waals surface area contributed by atoms with Crippen LogP contribution in [-0.2, 0) is 14.8 Å². The van der Waals surface area contributed by atoms with Gasteiger partial charge in [0.2, 0.25) is 15.9 Å². The summed E-state index contributed by atoms with van der Waals surface area (Å²) in [6, 6.07) is 6.91. The lowest BCUT2D eigenvalue weighted by Gasteiger charge is -2.24. The van der Waals surface area contributed by atoms with Gasteiger partial charge in [-0.2, -0.15) is 0 Å². The Morgan fingerprint density at radius 2 is 2.00 bits per heavy atom. The molecule has 1 aromatic carbocycles. The third-order valence-electron chi connectivity index (χ3n) is 3.32. The topological polar surface area (TPSA) is 75.7 Å². The molecular formula is C15H24N2O4S. The summed E-state index contributed by atoms with van der Waals surface area (Å²) in [5, 5.41) is 2.82. The Morgan fingerprint density at radius 1 is 1.36 bits per heavy atom. The fourth-order valence-electron chi connectivity index (χ4n) is 1.95. The van der Waals surface area contributed by atoms with Crippen molar-refractivity contribution in [3.05, 3.63) is 24.3 Å². The summed E-state index contributed by atoms with van der Waals surface area (Å²) in [5.74, 6) is 0.285. The monoisotopic (exact) mass is 328 g/mol. The highest BCUT2D eigenvalue weighted by Crippen LogP contribution is 2.29. The van der Waals surface area contributed by atoms with E-state index in [9.17, 15) is 13.2 Å². The molecule has 0 aliphatic rings. The number of methoxy groups -OCH3 is 1. The summed E-state index contributed by atoms with van der Waals surface area (Å²) in [4.78, 5) is 11.9. The first kappa shape index (κ1) is 18.3. The van der Waals surface area contributed by atoms with E-state index in [1.54, 1.807) is 24.3 Å². The number of para-hydroxylation sites is 2. The van der Waals surface area contributed by atoms with Crippen molar-refractivity contribution in [3.8, 4) is 5.75 Å². The van der Waals surface area contributed by atoms with E-state index in [4.69, 9.17) is 4.74 Å². The van der Waals surface area contributed by atoms with Crippen molar-refractivity contribution in [2.24, 2.45) is 0 Å². The molecular weight excluding hydrogens is 304 g/mol. The highest BCUT2D eigenvalue weighted by molar-refractivity contribution is 7.92. The lowest BCUT2D eigenvalue weighted by molar-refractivity contribution is -0.121. The molecule has 0 aliphatic heterocycles. The van der Waals surface area contributed by atoms with E-state index in [2.05, 4.69) is 5.32 Å². The second-order valence-electron chi connectivity index (χ2n) is 5.13. The standard InChI is InChI=1S/C15H24N2O4S/c1-5-12(2)16-15(18)10-11-17(22(4,19)20)13-8-6-7-9-14(13)21-3/h6-9,12H,5,10-11H2,1-4H3,(H,16,18). The van der Waals surface area contributed by atoms with E-state index < -0.39 is 10.0 Å². The molecule has 1 rings (SSSR count). The van der Waals surface area contributed by atoms with Crippen LogP contribution in [0.3, 0.4) is 0 Å². The van der Waals surface area contributed by atoms with Crippen LogP contribution in [0, 0.1) is 0 Å². The highest BCUT2D eigenvalue weighted by atomic mass is 32.2. The predicted molar refractivity (Wildman–Crippen MR) is 87.7 cm³/mol. The molecule has 0 radical (unpaired) electrons. The van der Waals surface area contributed by atoms with Gasteiger partial charge in [-0.15, -0.1) is 0 Å². The van der Waals surface area contributed by atoms with E-state index in [-0.39, 0.29) is 24.9 Å². The lowest BCUT2D eigenvalue weighted by atomic mass is 10.2. The number of nitrogens with zero attached hydrogens (tertiary/aromatic N) is 1. The molecule has 124 valence electrons. The second kappa shape index (κ2) is 8.03. The van der Waals surface area contributed by atoms with E-state index >= 15 is 0 Å². The fraction of sp³-hybridized carbons (Fsp3) is 0.533. The summed E-state index contributed by atoms with van der Waals surface area (Å²) < 4.78 is 30.5. The minimum atomic E-state index is -3.51. The molecule has 0 saturated carbocycles. The number of hydrogen-bond donors (Lipinski definition) is 1. The van der Waals surface area contributed by atoms with Crippen LogP contribution in [0.5, 0.6) is 5.75 Å². The average Bonchev–Trinajstić information content (AvgIpc) is 2.46. The zero-order valence-corrected chi connectivity index (χ0v) is 14.3. The Hall–Kier alpha value is -1.76. The van der Waals surface area contributed by atoms with Crippen LogP contribution >= 0.6 is 0 Å². The van der Waals surface area contributed by atoms with Crippen molar-refractivity contribution >= 4 is 21.6 Å². The van der Waals surface area contributed by atoms with Gasteiger partial charge in [-0.3, -0.25) is 9.10 Å². The van der Waals surface area contributed by atoms with Crippen molar-refractivity contribution in [3.63, 3.8) is 0 Å². The van der Waals surface area contributed by atoms with Gasteiger partial charge in [0, 0.05) is 19.0 Å². The van der Waals surface area contributed by atoms with Gasteiger partial charge in [0.1, 0.15) is 5.75 Å². The quantitative estimate of drug-likeness (QED) is 0.789. The summed E-state index contributed by atoms with van der Waals surface area (Å²) in [6.07, 6.45) is 2.04. The molecule has 1 atom stereocenters. The van der Waals surface area contributed by atoms with Gasteiger partial charge >= 0.3 is 0 Å². The lowest BCUT2D eigenvalue weighted by Crippen LogP contribution is -2.37. The van der Waals surface area contributed by atoms with Crippen molar-refractivity contribution in [1.29, 1.82) is 0 Å². The van der Waals surface area contributed by atoms with Gasteiger partial charge in [0.05, 0.1) is 19.1 Å². The maximum absolute atomic E-state index is 12.0. The fourth-order valence-corrected chi connectivity index (χ4v) is 2.88. The van der Waals surface area contributed by atoms with Crippen LogP contribution < -0.4 is 14.4 Å². The molecule has 0 heterocycles. The molecule has 0 saturated heterocycles. The van der Waals surface area contributed by atoms with Crippen LogP contribution in [0.1, 0.15) is 26.7 Å².